The Morgan fingerprint density at radius 1 is 1.08 bits per heavy atom. The molecule has 3 aromatic carbocycles. The third-order valence-electron chi connectivity index (χ3n) is 5.98. The Labute approximate surface area is 230 Å². The van der Waals surface area contributed by atoms with Gasteiger partial charge in [-0.25, -0.2) is 10.4 Å². The molecule has 0 saturated carbocycles. The van der Waals surface area contributed by atoms with Crippen molar-refractivity contribution in [1.29, 1.82) is 0 Å². The summed E-state index contributed by atoms with van der Waals surface area (Å²) in [4.78, 5) is 18.3. The van der Waals surface area contributed by atoms with E-state index in [0.717, 1.165) is 21.2 Å². The van der Waals surface area contributed by atoms with Gasteiger partial charge in [-0.3, -0.25) is 10.2 Å². The molecule has 1 heterocycles. The normalized spacial score (nSPS) is 16.7. The average Bonchev–Trinajstić information content (AvgIpc) is 3.35. The lowest BCUT2D eigenvalue weighted by molar-refractivity contribution is -0.127. The molecule has 0 unspecified atom stereocenters. The van der Waals surface area contributed by atoms with E-state index in [1.54, 1.807) is 0 Å². The number of benzene rings is 3. The van der Waals surface area contributed by atoms with E-state index in [9.17, 15) is 4.79 Å². The van der Waals surface area contributed by atoms with Gasteiger partial charge in [0.25, 0.3) is 5.91 Å². The molecule has 1 amide bonds. The zero-order chi connectivity index (χ0) is 26.1. The molecule has 0 fully saturated rings. The number of carbonyl (C=O) groups excluding carboxylic acids is 1. The minimum Gasteiger partial charge on any atom is -0.494 e. The second-order valence-corrected chi connectivity index (χ2v) is 9.94. The highest BCUT2D eigenvalue weighted by atomic mass is 79.9. The van der Waals surface area contributed by atoms with Crippen molar-refractivity contribution in [3.05, 3.63) is 99.0 Å². The summed E-state index contributed by atoms with van der Waals surface area (Å²) in [5, 5.41) is 9.62. The highest BCUT2D eigenvalue weighted by Crippen LogP contribution is 2.30. The number of nitrogens with one attached hydrogen (secondary N) is 2. The Morgan fingerprint density at radius 3 is 2.54 bits per heavy atom. The molecule has 0 bridgehead atoms. The van der Waals surface area contributed by atoms with Crippen LogP contribution >= 0.6 is 27.5 Å². The first-order valence-electron chi connectivity index (χ1n) is 12.1. The van der Waals surface area contributed by atoms with E-state index < -0.39 is 5.54 Å². The lowest BCUT2D eigenvalue weighted by atomic mass is 9.91. The van der Waals surface area contributed by atoms with Crippen LogP contribution in [0.2, 0.25) is 5.02 Å². The number of hydrogen-bond donors (Lipinski definition) is 3. The van der Waals surface area contributed by atoms with Crippen LogP contribution in [0.25, 0.3) is 0 Å². The number of aliphatic hydroxyl groups is 1. The summed E-state index contributed by atoms with van der Waals surface area (Å²) in [6.07, 6.45) is 1.59. The van der Waals surface area contributed by atoms with Crippen molar-refractivity contribution in [2.24, 2.45) is 4.99 Å². The fourth-order valence-corrected chi connectivity index (χ4v) is 4.60. The Balaban J connectivity index is 1.48. The number of aliphatic hydroxyl groups excluding tert-OH is 1. The van der Waals surface area contributed by atoms with Gasteiger partial charge in [0.05, 0.1) is 6.61 Å². The van der Waals surface area contributed by atoms with Gasteiger partial charge in [0.2, 0.25) is 5.90 Å². The standard InChI is InChI=1S/C28H29BrClN3O4/c29-24-8-3-1-7-22(24)18-28(27(35)33-31-15-14-20-6-2-4-9-25(20)30)19-37-26(32-28)21-10-12-23(13-11-21)36-17-5-16-34/h1-4,6-13,31,34H,5,14-19H2,(H,33,35)/t28-/m0/s1. The van der Waals surface area contributed by atoms with E-state index in [2.05, 4.69) is 26.8 Å². The number of aliphatic imine (C=N–C) groups is 1. The van der Waals surface area contributed by atoms with Crippen LogP contribution in [0.15, 0.2) is 82.3 Å². The minimum absolute atomic E-state index is 0.0826. The van der Waals surface area contributed by atoms with E-state index in [1.807, 2.05) is 72.8 Å². The number of nitrogens with zero attached hydrogens (tertiary/aromatic N) is 1. The third-order valence-corrected chi connectivity index (χ3v) is 7.12. The molecule has 1 atom stereocenters. The Hall–Kier alpha value is -2.91. The molecule has 0 aromatic heterocycles. The molecule has 194 valence electrons. The van der Waals surface area contributed by atoms with Crippen LogP contribution in [0.1, 0.15) is 23.1 Å². The summed E-state index contributed by atoms with van der Waals surface area (Å²) < 4.78 is 12.5. The molecule has 0 radical (unpaired) electrons. The fourth-order valence-electron chi connectivity index (χ4n) is 3.94. The molecular formula is C28H29BrClN3O4. The van der Waals surface area contributed by atoms with Gasteiger partial charge in [-0.1, -0.05) is 63.9 Å². The summed E-state index contributed by atoms with van der Waals surface area (Å²) in [5.74, 6) is 0.817. The molecule has 0 aliphatic carbocycles. The summed E-state index contributed by atoms with van der Waals surface area (Å²) >= 11 is 9.83. The summed E-state index contributed by atoms with van der Waals surface area (Å²) in [6, 6.07) is 22.8. The second kappa shape index (κ2) is 13.1. The first-order chi connectivity index (χ1) is 18.0. The van der Waals surface area contributed by atoms with Crippen LogP contribution in [-0.2, 0) is 22.4 Å². The molecule has 3 aromatic rings. The van der Waals surface area contributed by atoms with Gasteiger partial charge in [-0.2, -0.15) is 0 Å². The van der Waals surface area contributed by atoms with Gasteiger partial charge in [0, 0.05) is 41.1 Å². The van der Waals surface area contributed by atoms with Crippen molar-refractivity contribution in [2.45, 2.75) is 24.8 Å². The lowest BCUT2D eigenvalue weighted by Crippen LogP contribution is -2.53. The Bertz CT molecular complexity index is 1240. The zero-order valence-electron chi connectivity index (χ0n) is 20.3. The molecule has 1 aliphatic rings. The Kier molecular flexibility index (Phi) is 9.57. The number of hydrogen-bond acceptors (Lipinski definition) is 6. The molecular weight excluding hydrogens is 558 g/mol. The maximum absolute atomic E-state index is 13.5. The van der Waals surface area contributed by atoms with Crippen molar-refractivity contribution >= 4 is 39.3 Å². The predicted octanol–water partition coefficient (Wildman–Crippen LogP) is 4.49. The third kappa shape index (κ3) is 7.11. The van der Waals surface area contributed by atoms with E-state index in [0.29, 0.717) is 49.1 Å². The van der Waals surface area contributed by atoms with E-state index >= 15 is 0 Å². The fraction of sp³-hybridized carbons (Fsp3) is 0.286. The number of ether oxygens (including phenoxy) is 2. The van der Waals surface area contributed by atoms with Crippen LogP contribution in [0.3, 0.4) is 0 Å². The number of hydrazine groups is 1. The van der Waals surface area contributed by atoms with Gasteiger partial charge in [-0.05, 0) is 53.9 Å². The van der Waals surface area contributed by atoms with Gasteiger partial charge in [-0.15, -0.1) is 0 Å². The molecule has 9 heteroatoms. The van der Waals surface area contributed by atoms with Gasteiger partial charge in [0.15, 0.2) is 5.54 Å². The number of rotatable bonds is 12. The Morgan fingerprint density at radius 2 is 1.81 bits per heavy atom. The molecule has 0 saturated heterocycles. The largest absolute Gasteiger partial charge is 0.494 e. The first-order valence-corrected chi connectivity index (χ1v) is 13.2. The van der Waals surface area contributed by atoms with Crippen molar-refractivity contribution in [1.82, 2.24) is 10.9 Å². The van der Waals surface area contributed by atoms with Gasteiger partial charge >= 0.3 is 0 Å². The van der Waals surface area contributed by atoms with Gasteiger partial charge in [0.1, 0.15) is 12.4 Å². The zero-order valence-corrected chi connectivity index (χ0v) is 22.6. The molecule has 0 spiro atoms. The topological polar surface area (TPSA) is 92.2 Å². The van der Waals surface area contributed by atoms with Crippen molar-refractivity contribution < 1.29 is 19.4 Å². The maximum Gasteiger partial charge on any atom is 0.266 e. The van der Waals surface area contributed by atoms with Crippen LogP contribution in [0.4, 0.5) is 0 Å². The van der Waals surface area contributed by atoms with E-state index in [1.165, 1.54) is 0 Å². The highest BCUT2D eigenvalue weighted by Gasteiger charge is 2.45. The first kappa shape index (κ1) is 27.1. The van der Waals surface area contributed by atoms with Crippen LogP contribution in [0, 0.1) is 0 Å². The number of carbonyl (C=O) groups is 1. The highest BCUT2D eigenvalue weighted by molar-refractivity contribution is 9.10. The second-order valence-electron chi connectivity index (χ2n) is 8.68. The molecule has 7 nitrogen and oxygen atoms in total. The van der Waals surface area contributed by atoms with Crippen LogP contribution in [-0.4, -0.2) is 48.8 Å². The predicted molar refractivity (Wildman–Crippen MR) is 148 cm³/mol. The number of halogens is 2. The SMILES string of the molecule is O=C(NNCCc1ccccc1Cl)[C@]1(Cc2ccccc2Br)COC(c2ccc(OCCCO)cc2)=N1. The van der Waals surface area contributed by atoms with Gasteiger partial charge < -0.3 is 14.6 Å². The van der Waals surface area contributed by atoms with Crippen molar-refractivity contribution in [2.75, 3.05) is 26.4 Å². The van der Waals surface area contributed by atoms with Crippen LogP contribution < -0.4 is 15.6 Å². The number of amides is 1. The van der Waals surface area contributed by atoms with Crippen molar-refractivity contribution in [3.63, 3.8) is 0 Å². The lowest BCUT2D eigenvalue weighted by Gasteiger charge is -2.24. The quantitative estimate of drug-likeness (QED) is 0.215. The summed E-state index contributed by atoms with van der Waals surface area (Å²) in [7, 11) is 0. The average molecular weight is 587 g/mol. The maximum atomic E-state index is 13.5. The smallest absolute Gasteiger partial charge is 0.266 e. The van der Waals surface area contributed by atoms with Crippen LogP contribution in [0.5, 0.6) is 5.75 Å². The summed E-state index contributed by atoms with van der Waals surface area (Å²) in [5.41, 5.74) is 7.41. The van der Waals surface area contributed by atoms with Crippen molar-refractivity contribution in [3.8, 4) is 5.75 Å². The molecule has 3 N–H and O–H groups in total. The van der Waals surface area contributed by atoms with E-state index in [-0.39, 0.29) is 19.1 Å². The monoisotopic (exact) mass is 585 g/mol. The molecule has 1 aliphatic heterocycles. The summed E-state index contributed by atoms with van der Waals surface area (Å²) in [6.45, 7) is 1.14. The molecule has 37 heavy (non-hydrogen) atoms. The molecule has 4 rings (SSSR count). The van der Waals surface area contributed by atoms with E-state index in [4.69, 9.17) is 31.2 Å². The minimum atomic E-state index is -1.15.